The van der Waals surface area contributed by atoms with Crippen LogP contribution in [0.3, 0.4) is 0 Å². The van der Waals surface area contributed by atoms with E-state index >= 15 is 0 Å². The lowest BCUT2D eigenvalue weighted by atomic mass is 10.2. The molecule has 0 heterocycles. The molecule has 0 aliphatic rings. The first-order valence-corrected chi connectivity index (χ1v) is 3.68. The monoisotopic (exact) mass is 175 g/mol. The van der Waals surface area contributed by atoms with Crippen LogP contribution in [0.2, 0.25) is 0 Å². The van der Waals surface area contributed by atoms with Gasteiger partial charge in [-0.15, -0.1) is 0 Å². The minimum absolute atomic E-state index is 0.145. The van der Waals surface area contributed by atoms with Gasteiger partial charge in [0.1, 0.15) is 12.2 Å². The average Bonchev–Trinajstić information content (AvgIpc) is 1.97. The van der Waals surface area contributed by atoms with Crippen LogP contribution in [0.5, 0.6) is 0 Å². The van der Waals surface area contributed by atoms with Crippen molar-refractivity contribution in [2.75, 3.05) is 19.8 Å². The van der Waals surface area contributed by atoms with E-state index in [-0.39, 0.29) is 18.8 Å². The number of ether oxygens (including phenoxy) is 1. The zero-order chi connectivity index (χ0) is 9.40. The van der Waals surface area contributed by atoms with Gasteiger partial charge in [0.05, 0.1) is 13.2 Å². The van der Waals surface area contributed by atoms with Gasteiger partial charge in [0.2, 0.25) is 0 Å². The molecule has 0 spiro atoms. The lowest BCUT2D eigenvalue weighted by molar-refractivity contribution is -0.140. The highest BCUT2D eigenvalue weighted by atomic mass is 16.5. The van der Waals surface area contributed by atoms with E-state index in [1.165, 1.54) is 0 Å². The molecule has 0 amide bonds. The quantitative estimate of drug-likeness (QED) is 0.398. The van der Waals surface area contributed by atoms with Crippen molar-refractivity contribution in [1.29, 1.82) is 0 Å². The Morgan fingerprint density at radius 3 is 2.50 bits per heavy atom. The smallest absolute Gasteiger partial charge is 0.310 e. The molecule has 0 bridgehead atoms. The summed E-state index contributed by atoms with van der Waals surface area (Å²) in [5.41, 5.74) is 5.12. The molecule has 5 nitrogen and oxygen atoms in total. The molecule has 0 fully saturated rings. The number of ketones is 1. The van der Waals surface area contributed by atoms with Crippen molar-refractivity contribution in [3.05, 3.63) is 0 Å². The molecule has 0 aliphatic heterocycles. The summed E-state index contributed by atoms with van der Waals surface area (Å²) in [6, 6.07) is 0. The van der Waals surface area contributed by atoms with Crippen molar-refractivity contribution in [1.82, 2.24) is 0 Å². The normalized spacial score (nSPS) is 9.75. The Morgan fingerprint density at radius 2 is 2.00 bits per heavy atom. The van der Waals surface area contributed by atoms with Crippen LogP contribution < -0.4 is 5.73 Å². The van der Waals surface area contributed by atoms with E-state index in [0.29, 0.717) is 13.2 Å². The molecule has 0 aromatic rings. The maximum atomic E-state index is 10.7. The molecular weight excluding hydrogens is 162 g/mol. The Balaban J connectivity index is 3.26. The van der Waals surface area contributed by atoms with Crippen molar-refractivity contribution in [2.45, 2.75) is 12.8 Å². The number of carboxylic acid groups (broad SMARTS) is 1. The molecule has 0 aromatic carbocycles. The lowest BCUT2D eigenvalue weighted by Gasteiger charge is -1.99. The summed E-state index contributed by atoms with van der Waals surface area (Å²) in [5, 5.41) is 8.20. The minimum Gasteiger partial charge on any atom is -0.481 e. The largest absolute Gasteiger partial charge is 0.481 e. The fourth-order valence-electron chi connectivity index (χ4n) is 0.628. The van der Waals surface area contributed by atoms with Gasteiger partial charge in [-0.3, -0.25) is 9.59 Å². The second kappa shape index (κ2) is 6.75. The van der Waals surface area contributed by atoms with Crippen LogP contribution in [0.4, 0.5) is 0 Å². The van der Waals surface area contributed by atoms with Gasteiger partial charge in [0.25, 0.3) is 0 Å². The molecule has 0 unspecified atom stereocenters. The first kappa shape index (κ1) is 11.1. The molecule has 0 radical (unpaired) electrons. The van der Waals surface area contributed by atoms with E-state index in [2.05, 4.69) is 0 Å². The standard InChI is InChI=1S/C7H13NO4/c8-2-4-12-3-1-6(9)5-7(10)11/h1-5,8H2,(H,10,11). The van der Waals surface area contributed by atoms with E-state index in [9.17, 15) is 9.59 Å². The Bertz CT molecular complexity index is 157. The van der Waals surface area contributed by atoms with Crippen LogP contribution >= 0.6 is 0 Å². The predicted molar refractivity (Wildman–Crippen MR) is 41.8 cm³/mol. The van der Waals surface area contributed by atoms with Crippen molar-refractivity contribution in [2.24, 2.45) is 5.73 Å². The van der Waals surface area contributed by atoms with Crippen LogP contribution in [0.25, 0.3) is 0 Å². The zero-order valence-corrected chi connectivity index (χ0v) is 6.78. The molecule has 0 rings (SSSR count). The predicted octanol–water partition coefficient (Wildman–Crippen LogP) is -0.604. The molecule has 0 saturated heterocycles. The maximum absolute atomic E-state index is 10.7. The molecule has 70 valence electrons. The number of Topliss-reactive ketones (excluding diaryl/α,β-unsaturated/α-hetero) is 1. The molecule has 3 N–H and O–H groups in total. The summed E-state index contributed by atoms with van der Waals surface area (Å²) >= 11 is 0. The summed E-state index contributed by atoms with van der Waals surface area (Å²) in [4.78, 5) is 20.7. The second-order valence-corrected chi connectivity index (χ2v) is 2.26. The fourth-order valence-corrected chi connectivity index (χ4v) is 0.628. The van der Waals surface area contributed by atoms with Crippen LogP contribution in [0.1, 0.15) is 12.8 Å². The Labute approximate surface area is 70.5 Å². The number of hydrogen-bond donors (Lipinski definition) is 2. The zero-order valence-electron chi connectivity index (χ0n) is 6.78. The third-order valence-electron chi connectivity index (χ3n) is 1.14. The van der Waals surface area contributed by atoms with E-state index in [4.69, 9.17) is 15.6 Å². The summed E-state index contributed by atoms with van der Waals surface area (Å²) < 4.78 is 4.90. The molecule has 0 saturated carbocycles. The van der Waals surface area contributed by atoms with Crippen LogP contribution in [0.15, 0.2) is 0 Å². The van der Waals surface area contributed by atoms with E-state index in [0.717, 1.165) is 0 Å². The van der Waals surface area contributed by atoms with E-state index < -0.39 is 12.4 Å². The maximum Gasteiger partial charge on any atom is 0.310 e. The molecule has 0 atom stereocenters. The van der Waals surface area contributed by atoms with Gasteiger partial charge in [-0.1, -0.05) is 0 Å². The number of rotatable bonds is 7. The molecule has 0 aromatic heterocycles. The van der Waals surface area contributed by atoms with Crippen LogP contribution in [0, 0.1) is 0 Å². The van der Waals surface area contributed by atoms with E-state index in [1.807, 2.05) is 0 Å². The van der Waals surface area contributed by atoms with Gasteiger partial charge in [0, 0.05) is 13.0 Å². The molecule has 12 heavy (non-hydrogen) atoms. The van der Waals surface area contributed by atoms with Gasteiger partial charge in [-0.2, -0.15) is 0 Å². The second-order valence-electron chi connectivity index (χ2n) is 2.26. The number of aliphatic carboxylic acids is 1. The van der Waals surface area contributed by atoms with Crippen molar-refractivity contribution in [3.63, 3.8) is 0 Å². The highest BCUT2D eigenvalue weighted by Gasteiger charge is 2.06. The first-order valence-electron chi connectivity index (χ1n) is 3.68. The molecular formula is C7H13NO4. The van der Waals surface area contributed by atoms with Crippen molar-refractivity contribution >= 4 is 11.8 Å². The van der Waals surface area contributed by atoms with Gasteiger partial charge < -0.3 is 15.6 Å². The average molecular weight is 175 g/mol. The van der Waals surface area contributed by atoms with Gasteiger partial charge in [0.15, 0.2) is 0 Å². The van der Waals surface area contributed by atoms with Crippen molar-refractivity contribution in [3.8, 4) is 0 Å². The lowest BCUT2D eigenvalue weighted by Crippen LogP contribution is -2.13. The number of nitrogens with two attached hydrogens (primary N) is 1. The number of carbonyl (C=O) groups is 2. The first-order chi connectivity index (χ1) is 5.66. The molecule has 5 heteroatoms. The Morgan fingerprint density at radius 1 is 1.33 bits per heavy atom. The number of carboxylic acids is 1. The highest BCUT2D eigenvalue weighted by Crippen LogP contribution is 1.90. The molecule has 0 aliphatic carbocycles. The summed E-state index contributed by atoms with van der Waals surface area (Å²) in [5.74, 6) is -1.42. The minimum atomic E-state index is -1.10. The van der Waals surface area contributed by atoms with Gasteiger partial charge in [-0.05, 0) is 0 Å². The number of hydrogen-bond acceptors (Lipinski definition) is 4. The van der Waals surface area contributed by atoms with Crippen LogP contribution in [-0.2, 0) is 14.3 Å². The summed E-state index contributed by atoms with van der Waals surface area (Å²) in [7, 11) is 0. The van der Waals surface area contributed by atoms with E-state index in [1.54, 1.807) is 0 Å². The SMILES string of the molecule is NCCOCCC(=O)CC(=O)O. The van der Waals surface area contributed by atoms with Gasteiger partial charge >= 0.3 is 5.97 Å². The van der Waals surface area contributed by atoms with Crippen molar-refractivity contribution < 1.29 is 19.4 Å². The summed E-state index contributed by atoms with van der Waals surface area (Å²) in [6.45, 7) is 1.07. The topological polar surface area (TPSA) is 89.6 Å². The Kier molecular flexibility index (Phi) is 6.22. The van der Waals surface area contributed by atoms with Gasteiger partial charge in [-0.25, -0.2) is 0 Å². The number of carbonyl (C=O) groups excluding carboxylic acids is 1. The fraction of sp³-hybridized carbons (Fsp3) is 0.714. The van der Waals surface area contributed by atoms with Crippen LogP contribution in [-0.4, -0.2) is 36.6 Å². The third kappa shape index (κ3) is 7.17. The highest BCUT2D eigenvalue weighted by molar-refractivity contribution is 5.94. The summed E-state index contributed by atoms with van der Waals surface area (Å²) in [6.07, 6.45) is -0.279. The third-order valence-corrected chi connectivity index (χ3v) is 1.14. The Hall–Kier alpha value is -0.940.